The molecular formula is C17H22N4O. The highest BCUT2D eigenvalue weighted by Crippen LogP contribution is 2.40. The van der Waals surface area contributed by atoms with Gasteiger partial charge in [-0.05, 0) is 42.9 Å². The van der Waals surface area contributed by atoms with Crippen molar-refractivity contribution >= 4 is 5.82 Å². The molecule has 1 N–H and O–H groups in total. The minimum absolute atomic E-state index is 0.0825. The number of anilines is 1. The fourth-order valence-corrected chi connectivity index (χ4v) is 3.23. The molecule has 2 aromatic rings. The van der Waals surface area contributed by atoms with Gasteiger partial charge in [0.05, 0.1) is 0 Å². The van der Waals surface area contributed by atoms with Crippen LogP contribution in [0.15, 0.2) is 30.7 Å². The molecule has 5 heteroatoms. The van der Waals surface area contributed by atoms with Crippen LogP contribution in [-0.4, -0.2) is 27.7 Å². The van der Waals surface area contributed by atoms with E-state index in [0.717, 1.165) is 37.1 Å². The van der Waals surface area contributed by atoms with Crippen LogP contribution in [0.5, 0.6) is 0 Å². The van der Waals surface area contributed by atoms with Crippen LogP contribution in [-0.2, 0) is 11.8 Å². The first-order valence-corrected chi connectivity index (χ1v) is 8.10. The van der Waals surface area contributed by atoms with Crippen LogP contribution in [0.1, 0.15) is 42.7 Å². The number of aryl methyl sites for hydroxylation is 1. The molecule has 0 bridgehead atoms. The summed E-state index contributed by atoms with van der Waals surface area (Å²) in [5, 5.41) is 3.49. The van der Waals surface area contributed by atoms with Gasteiger partial charge in [0.1, 0.15) is 17.7 Å². The number of nitrogens with one attached hydrogen (secondary N) is 1. The summed E-state index contributed by atoms with van der Waals surface area (Å²) in [6.45, 7) is 1.68. The summed E-state index contributed by atoms with van der Waals surface area (Å²) in [4.78, 5) is 8.89. The monoisotopic (exact) mass is 298 g/mol. The van der Waals surface area contributed by atoms with Crippen molar-refractivity contribution in [3.05, 3.63) is 42.1 Å². The molecule has 0 spiro atoms. The molecule has 1 saturated heterocycles. The Morgan fingerprint density at radius 1 is 1.27 bits per heavy atom. The number of rotatable bonds is 5. The minimum atomic E-state index is 0.0825. The molecule has 2 aliphatic rings. The summed E-state index contributed by atoms with van der Waals surface area (Å²) in [7, 11) is 2.02. The van der Waals surface area contributed by atoms with Crippen molar-refractivity contribution in [2.75, 3.05) is 18.5 Å². The number of pyridine rings is 1. The van der Waals surface area contributed by atoms with E-state index in [9.17, 15) is 0 Å². The summed E-state index contributed by atoms with van der Waals surface area (Å²) in [6, 6.07) is 4.33. The predicted molar refractivity (Wildman–Crippen MR) is 84.7 cm³/mol. The molecular weight excluding hydrogens is 276 g/mol. The maximum absolute atomic E-state index is 5.91. The lowest BCUT2D eigenvalue weighted by molar-refractivity contribution is 0.0839. The zero-order chi connectivity index (χ0) is 14.9. The maximum atomic E-state index is 5.91. The molecule has 3 heterocycles. The predicted octanol–water partition coefficient (Wildman–Crippen LogP) is 2.88. The fraction of sp³-hybridized carbons (Fsp3) is 0.529. The molecule has 4 rings (SSSR count). The molecule has 1 aliphatic heterocycles. The van der Waals surface area contributed by atoms with Crippen LogP contribution in [0.4, 0.5) is 5.82 Å². The normalized spacial score (nSPS) is 24.6. The molecule has 22 heavy (non-hydrogen) atoms. The van der Waals surface area contributed by atoms with E-state index in [2.05, 4.69) is 32.0 Å². The van der Waals surface area contributed by atoms with E-state index in [-0.39, 0.29) is 6.10 Å². The van der Waals surface area contributed by atoms with Gasteiger partial charge in [0.25, 0.3) is 0 Å². The van der Waals surface area contributed by atoms with Crippen molar-refractivity contribution in [1.82, 2.24) is 14.5 Å². The van der Waals surface area contributed by atoms with Crippen molar-refractivity contribution in [2.45, 2.75) is 31.3 Å². The quantitative estimate of drug-likeness (QED) is 0.922. The van der Waals surface area contributed by atoms with Crippen LogP contribution in [0.2, 0.25) is 0 Å². The topological polar surface area (TPSA) is 52.0 Å². The Labute approximate surface area is 130 Å². The van der Waals surface area contributed by atoms with Gasteiger partial charge >= 0.3 is 0 Å². The summed E-state index contributed by atoms with van der Waals surface area (Å²) in [5.41, 5.74) is 1.42. The van der Waals surface area contributed by atoms with Gasteiger partial charge in [0.15, 0.2) is 0 Å². The molecule has 0 radical (unpaired) electrons. The number of ether oxygens (including phenoxy) is 1. The number of imidazole rings is 1. The van der Waals surface area contributed by atoms with Gasteiger partial charge in [-0.15, -0.1) is 0 Å². The molecule has 2 aromatic heterocycles. The molecule has 0 aromatic carbocycles. The molecule has 2 fully saturated rings. The first-order valence-electron chi connectivity index (χ1n) is 8.10. The molecule has 5 nitrogen and oxygen atoms in total. The van der Waals surface area contributed by atoms with E-state index >= 15 is 0 Å². The van der Waals surface area contributed by atoms with Crippen LogP contribution in [0, 0.1) is 5.92 Å². The SMILES string of the molecule is Cn1ccnc1[C@@H]1OCC[C@H]1CNc1cc(C2CC2)ccn1. The zero-order valence-corrected chi connectivity index (χ0v) is 12.9. The first-order chi connectivity index (χ1) is 10.8. The van der Waals surface area contributed by atoms with Gasteiger partial charge < -0.3 is 14.6 Å². The second kappa shape index (κ2) is 5.72. The van der Waals surface area contributed by atoms with Gasteiger partial charge in [-0.3, -0.25) is 0 Å². The Kier molecular flexibility index (Phi) is 3.58. The standard InChI is InChI=1S/C17H22N4O/c1-21-8-7-19-17(21)16-14(5-9-22-16)11-20-15-10-13(4-6-18-15)12-2-3-12/h4,6-8,10,12,14,16H,2-3,5,9,11H2,1H3,(H,18,20)/t14-,16+/m0/s1. The lowest BCUT2D eigenvalue weighted by Crippen LogP contribution is -2.20. The highest BCUT2D eigenvalue weighted by molar-refractivity contribution is 5.40. The van der Waals surface area contributed by atoms with E-state index in [4.69, 9.17) is 4.74 Å². The Morgan fingerprint density at radius 2 is 2.18 bits per heavy atom. The fourth-order valence-electron chi connectivity index (χ4n) is 3.23. The summed E-state index contributed by atoms with van der Waals surface area (Å²) in [6.07, 6.45) is 9.51. The number of nitrogens with zero attached hydrogens (tertiary/aromatic N) is 3. The van der Waals surface area contributed by atoms with Crippen LogP contribution in [0.25, 0.3) is 0 Å². The summed E-state index contributed by atoms with van der Waals surface area (Å²) in [5.74, 6) is 3.20. The Balaban J connectivity index is 1.42. The van der Waals surface area contributed by atoms with E-state index in [1.54, 1.807) is 0 Å². The van der Waals surface area contributed by atoms with E-state index < -0.39 is 0 Å². The lowest BCUT2D eigenvalue weighted by atomic mass is 10.0. The van der Waals surface area contributed by atoms with Gasteiger partial charge in [-0.1, -0.05) is 0 Å². The second-order valence-electron chi connectivity index (χ2n) is 6.37. The molecule has 116 valence electrons. The van der Waals surface area contributed by atoms with Crippen molar-refractivity contribution < 1.29 is 4.74 Å². The average Bonchev–Trinajstić information content (AvgIpc) is 3.15. The smallest absolute Gasteiger partial charge is 0.138 e. The molecule has 1 saturated carbocycles. The van der Waals surface area contributed by atoms with Crippen molar-refractivity contribution in [2.24, 2.45) is 13.0 Å². The average molecular weight is 298 g/mol. The summed E-state index contributed by atoms with van der Waals surface area (Å²) >= 11 is 0. The van der Waals surface area contributed by atoms with Crippen LogP contribution in [0.3, 0.4) is 0 Å². The molecule has 0 amide bonds. The van der Waals surface area contributed by atoms with Gasteiger partial charge in [0, 0.05) is 44.7 Å². The van der Waals surface area contributed by atoms with Crippen molar-refractivity contribution in [3.63, 3.8) is 0 Å². The Morgan fingerprint density at radius 3 is 2.95 bits per heavy atom. The third-order valence-corrected chi connectivity index (χ3v) is 4.71. The van der Waals surface area contributed by atoms with Crippen molar-refractivity contribution in [3.8, 4) is 0 Å². The van der Waals surface area contributed by atoms with E-state index in [1.165, 1.54) is 18.4 Å². The Hall–Kier alpha value is -1.88. The Bertz CT molecular complexity index is 650. The largest absolute Gasteiger partial charge is 0.370 e. The first kappa shape index (κ1) is 13.8. The van der Waals surface area contributed by atoms with Crippen LogP contribution < -0.4 is 5.32 Å². The van der Waals surface area contributed by atoms with E-state index in [1.807, 2.05) is 25.6 Å². The third-order valence-electron chi connectivity index (χ3n) is 4.71. The van der Waals surface area contributed by atoms with Gasteiger partial charge in [0.2, 0.25) is 0 Å². The van der Waals surface area contributed by atoms with Crippen molar-refractivity contribution in [1.29, 1.82) is 0 Å². The highest BCUT2D eigenvalue weighted by Gasteiger charge is 2.32. The third kappa shape index (κ3) is 2.73. The van der Waals surface area contributed by atoms with E-state index in [0.29, 0.717) is 5.92 Å². The molecule has 1 aliphatic carbocycles. The molecule has 0 unspecified atom stereocenters. The van der Waals surface area contributed by atoms with Gasteiger partial charge in [-0.2, -0.15) is 0 Å². The number of aromatic nitrogens is 3. The van der Waals surface area contributed by atoms with Gasteiger partial charge in [-0.25, -0.2) is 9.97 Å². The second-order valence-corrected chi connectivity index (χ2v) is 6.37. The van der Waals surface area contributed by atoms with Crippen LogP contribution >= 0.6 is 0 Å². The molecule has 2 atom stereocenters. The zero-order valence-electron chi connectivity index (χ0n) is 12.9. The number of hydrogen-bond acceptors (Lipinski definition) is 4. The maximum Gasteiger partial charge on any atom is 0.138 e. The number of hydrogen-bond donors (Lipinski definition) is 1. The highest BCUT2D eigenvalue weighted by atomic mass is 16.5. The minimum Gasteiger partial charge on any atom is -0.370 e. The summed E-state index contributed by atoms with van der Waals surface area (Å²) < 4.78 is 7.96. The lowest BCUT2D eigenvalue weighted by Gasteiger charge is -2.19.